The summed E-state index contributed by atoms with van der Waals surface area (Å²) in [5.41, 5.74) is 1.89. The van der Waals surface area contributed by atoms with E-state index in [9.17, 15) is 0 Å². The third-order valence-electron chi connectivity index (χ3n) is 3.92. The largest absolute Gasteiger partial charge is 0.497 e. The van der Waals surface area contributed by atoms with E-state index in [2.05, 4.69) is 45.1 Å². The van der Waals surface area contributed by atoms with Crippen LogP contribution in [0.25, 0.3) is 11.0 Å². The summed E-state index contributed by atoms with van der Waals surface area (Å²) in [6, 6.07) is 20.3. The van der Waals surface area contributed by atoms with Crippen molar-refractivity contribution in [1.29, 1.82) is 0 Å². The predicted octanol–water partition coefficient (Wildman–Crippen LogP) is 6.01. The summed E-state index contributed by atoms with van der Waals surface area (Å²) in [6.07, 6.45) is 0. The number of nitrogens with zero attached hydrogens (tertiary/aromatic N) is 2. The molecular formula is C20H16N2O2S3. The maximum atomic E-state index is 5.22. The van der Waals surface area contributed by atoms with E-state index in [1.807, 2.05) is 24.3 Å². The Morgan fingerprint density at radius 3 is 1.41 bits per heavy atom. The molecule has 0 aliphatic rings. The summed E-state index contributed by atoms with van der Waals surface area (Å²) in [7, 11) is 3.34. The predicted molar refractivity (Wildman–Crippen MR) is 112 cm³/mol. The number of fused-ring (bicyclic) bond motifs is 1. The van der Waals surface area contributed by atoms with Gasteiger partial charge in [-0.05, 0) is 60.7 Å². The molecule has 0 radical (unpaired) electrons. The first kappa shape index (κ1) is 18.2. The van der Waals surface area contributed by atoms with Gasteiger partial charge in [-0.1, -0.05) is 23.5 Å². The van der Waals surface area contributed by atoms with Gasteiger partial charge in [-0.15, -0.1) is 0 Å². The van der Waals surface area contributed by atoms with Crippen LogP contribution >= 0.6 is 35.3 Å². The van der Waals surface area contributed by atoms with E-state index < -0.39 is 0 Å². The minimum atomic E-state index is 0.853. The van der Waals surface area contributed by atoms with Gasteiger partial charge in [0, 0.05) is 19.6 Å². The van der Waals surface area contributed by atoms with Crippen molar-refractivity contribution in [3.8, 4) is 11.5 Å². The summed E-state index contributed by atoms with van der Waals surface area (Å²) in [4.78, 5) is 4.48. The van der Waals surface area contributed by atoms with Gasteiger partial charge in [0.05, 0.1) is 25.9 Å². The van der Waals surface area contributed by atoms with Crippen molar-refractivity contribution in [3.05, 3.63) is 60.7 Å². The van der Waals surface area contributed by atoms with Crippen LogP contribution in [0.1, 0.15) is 0 Å². The number of benzene rings is 3. The van der Waals surface area contributed by atoms with Crippen molar-refractivity contribution in [2.75, 3.05) is 14.2 Å². The average molecular weight is 413 g/mol. The van der Waals surface area contributed by atoms with E-state index >= 15 is 0 Å². The Bertz CT molecular complexity index is 964. The van der Waals surface area contributed by atoms with Crippen LogP contribution in [0.3, 0.4) is 0 Å². The molecule has 136 valence electrons. The summed E-state index contributed by atoms with van der Waals surface area (Å²) < 4.78 is 19.5. The van der Waals surface area contributed by atoms with Crippen molar-refractivity contribution in [1.82, 2.24) is 8.75 Å². The first-order valence-electron chi connectivity index (χ1n) is 8.16. The third-order valence-corrected chi connectivity index (χ3v) is 6.56. The second kappa shape index (κ2) is 8.21. The van der Waals surface area contributed by atoms with Gasteiger partial charge >= 0.3 is 0 Å². The first-order valence-corrected chi connectivity index (χ1v) is 10.5. The summed E-state index contributed by atoms with van der Waals surface area (Å²) in [6.45, 7) is 0. The van der Waals surface area contributed by atoms with Crippen molar-refractivity contribution in [2.24, 2.45) is 0 Å². The summed E-state index contributed by atoms with van der Waals surface area (Å²) in [5.74, 6) is 1.71. The van der Waals surface area contributed by atoms with Crippen LogP contribution in [-0.2, 0) is 0 Å². The fraction of sp³-hybridized carbons (Fsp3) is 0.100. The lowest BCUT2D eigenvalue weighted by Crippen LogP contribution is -1.84. The van der Waals surface area contributed by atoms with E-state index in [1.165, 1.54) is 11.7 Å². The Hall–Kier alpha value is -2.22. The van der Waals surface area contributed by atoms with Gasteiger partial charge in [-0.3, -0.25) is 0 Å². The van der Waals surface area contributed by atoms with Gasteiger partial charge in [0.1, 0.15) is 22.5 Å². The van der Waals surface area contributed by atoms with Crippen LogP contribution < -0.4 is 9.47 Å². The third kappa shape index (κ3) is 4.05. The quantitative estimate of drug-likeness (QED) is 0.386. The van der Waals surface area contributed by atoms with Crippen molar-refractivity contribution >= 4 is 46.3 Å². The van der Waals surface area contributed by atoms with E-state index in [0.29, 0.717) is 0 Å². The van der Waals surface area contributed by atoms with Gasteiger partial charge in [0.2, 0.25) is 0 Å². The zero-order valence-corrected chi connectivity index (χ0v) is 17.2. The van der Waals surface area contributed by atoms with Gasteiger partial charge in [-0.25, -0.2) is 0 Å². The first-order chi connectivity index (χ1) is 13.3. The zero-order valence-electron chi connectivity index (χ0n) is 14.7. The molecule has 7 heteroatoms. The molecule has 4 nitrogen and oxygen atoms in total. The minimum Gasteiger partial charge on any atom is -0.497 e. The lowest BCUT2D eigenvalue weighted by molar-refractivity contribution is 0.414. The van der Waals surface area contributed by atoms with E-state index in [1.54, 1.807) is 37.7 Å². The van der Waals surface area contributed by atoms with Crippen molar-refractivity contribution in [3.63, 3.8) is 0 Å². The molecule has 3 aromatic carbocycles. The molecule has 0 N–H and O–H groups in total. The standard InChI is InChI=1S/C20H16N2O2S3/c1-23-13-3-7-15(8-4-13)25-17-11-12-18(20-19(17)21-27-22-20)26-16-9-5-14(24-2)6-10-16/h3-12H,1-2H3. The Balaban J connectivity index is 1.61. The molecule has 0 atom stereocenters. The molecule has 0 aliphatic heterocycles. The lowest BCUT2D eigenvalue weighted by Gasteiger charge is -2.07. The monoisotopic (exact) mass is 412 g/mol. The number of hydrogen-bond acceptors (Lipinski definition) is 7. The number of ether oxygens (including phenoxy) is 2. The highest BCUT2D eigenvalue weighted by Gasteiger charge is 2.13. The number of aromatic nitrogens is 2. The summed E-state index contributed by atoms with van der Waals surface area (Å²) >= 11 is 4.62. The van der Waals surface area contributed by atoms with Gasteiger partial charge in [0.15, 0.2) is 0 Å². The number of hydrogen-bond donors (Lipinski definition) is 0. The number of methoxy groups -OCH3 is 2. The molecule has 0 amide bonds. The molecule has 4 aromatic rings. The highest BCUT2D eigenvalue weighted by atomic mass is 32.2. The zero-order chi connectivity index (χ0) is 18.6. The van der Waals surface area contributed by atoms with Crippen molar-refractivity contribution in [2.45, 2.75) is 19.6 Å². The van der Waals surface area contributed by atoms with Crippen LogP contribution in [0.4, 0.5) is 0 Å². The highest BCUT2D eigenvalue weighted by Crippen LogP contribution is 2.39. The lowest BCUT2D eigenvalue weighted by atomic mass is 10.3. The Labute approximate surface area is 170 Å². The van der Waals surface area contributed by atoms with Gasteiger partial charge < -0.3 is 9.47 Å². The van der Waals surface area contributed by atoms with E-state index in [-0.39, 0.29) is 0 Å². The minimum absolute atomic E-state index is 0.853. The fourth-order valence-corrected chi connectivity index (χ4v) is 5.02. The molecule has 0 fully saturated rings. The maximum Gasteiger partial charge on any atom is 0.119 e. The molecule has 0 saturated heterocycles. The van der Waals surface area contributed by atoms with Crippen LogP contribution in [0, 0.1) is 0 Å². The highest BCUT2D eigenvalue weighted by molar-refractivity contribution is 8.00. The molecule has 27 heavy (non-hydrogen) atoms. The topological polar surface area (TPSA) is 44.2 Å². The number of rotatable bonds is 6. The second-order valence-electron chi connectivity index (χ2n) is 5.58. The molecule has 0 aliphatic carbocycles. The smallest absolute Gasteiger partial charge is 0.119 e. The molecular weight excluding hydrogens is 396 g/mol. The molecule has 0 spiro atoms. The van der Waals surface area contributed by atoms with Crippen LogP contribution in [0.15, 0.2) is 80.2 Å². The van der Waals surface area contributed by atoms with Gasteiger partial charge in [0.25, 0.3) is 0 Å². The van der Waals surface area contributed by atoms with E-state index in [0.717, 1.165) is 42.1 Å². The van der Waals surface area contributed by atoms with Crippen LogP contribution in [0.5, 0.6) is 11.5 Å². The fourth-order valence-electron chi connectivity index (χ4n) is 2.53. The van der Waals surface area contributed by atoms with Crippen LogP contribution in [-0.4, -0.2) is 23.0 Å². The molecule has 1 heterocycles. The summed E-state index contributed by atoms with van der Waals surface area (Å²) in [5, 5.41) is 0. The molecule has 0 saturated carbocycles. The SMILES string of the molecule is COc1ccc(Sc2ccc(Sc3ccc(OC)cc3)c3nsnc23)cc1. The average Bonchev–Trinajstić information content (AvgIpc) is 3.21. The maximum absolute atomic E-state index is 5.22. The van der Waals surface area contributed by atoms with Gasteiger partial charge in [-0.2, -0.15) is 8.75 Å². The molecule has 0 bridgehead atoms. The molecule has 4 rings (SSSR count). The molecule has 0 unspecified atom stereocenters. The molecule has 1 aromatic heterocycles. The second-order valence-corrected chi connectivity index (χ2v) is 8.34. The normalized spacial score (nSPS) is 10.9. The Morgan fingerprint density at radius 1 is 0.630 bits per heavy atom. The van der Waals surface area contributed by atoms with E-state index in [4.69, 9.17) is 9.47 Å². The van der Waals surface area contributed by atoms with Crippen molar-refractivity contribution < 1.29 is 9.47 Å². The Morgan fingerprint density at radius 2 is 1.04 bits per heavy atom. The Kier molecular flexibility index (Phi) is 5.52. The van der Waals surface area contributed by atoms with Crippen LogP contribution in [0.2, 0.25) is 0 Å².